The summed E-state index contributed by atoms with van der Waals surface area (Å²) in [7, 11) is 0. The Bertz CT molecular complexity index is 745. The molecule has 7 nitrogen and oxygen atoms in total. The zero-order valence-corrected chi connectivity index (χ0v) is 14.7. The Morgan fingerprint density at radius 1 is 1.31 bits per heavy atom. The maximum atomic E-state index is 12.9. The van der Waals surface area contributed by atoms with Gasteiger partial charge < -0.3 is 14.9 Å². The molecule has 2 N–H and O–H groups in total. The molecule has 1 heterocycles. The van der Waals surface area contributed by atoms with Gasteiger partial charge in [0.2, 0.25) is 17.6 Å². The van der Waals surface area contributed by atoms with E-state index in [0.717, 1.165) is 0 Å². The van der Waals surface area contributed by atoms with E-state index in [0.29, 0.717) is 36.5 Å². The Balaban J connectivity index is 1.83. The van der Waals surface area contributed by atoms with Gasteiger partial charge >= 0.3 is 5.97 Å². The van der Waals surface area contributed by atoms with Crippen LogP contribution in [0, 0.1) is 11.7 Å². The van der Waals surface area contributed by atoms with Gasteiger partial charge in [-0.2, -0.15) is 4.98 Å². The Labute approximate surface area is 150 Å². The average molecular weight is 363 g/mol. The molecule has 2 atom stereocenters. The highest BCUT2D eigenvalue weighted by atomic mass is 19.1. The number of aryl methyl sites for hydroxylation is 1. The third-order valence-corrected chi connectivity index (χ3v) is 4.16. The second-order valence-corrected chi connectivity index (χ2v) is 6.14. The van der Waals surface area contributed by atoms with E-state index in [2.05, 4.69) is 15.5 Å². The van der Waals surface area contributed by atoms with Crippen LogP contribution in [0.5, 0.6) is 0 Å². The predicted molar refractivity (Wildman–Crippen MR) is 91.7 cm³/mol. The maximum Gasteiger partial charge on any atom is 0.326 e. The highest BCUT2D eigenvalue weighted by Gasteiger charge is 2.25. The lowest BCUT2D eigenvalue weighted by molar-refractivity contribution is -0.143. The number of amides is 1. The van der Waals surface area contributed by atoms with Gasteiger partial charge in [-0.25, -0.2) is 9.18 Å². The first-order valence-corrected chi connectivity index (χ1v) is 8.51. The minimum atomic E-state index is -1.03. The number of carbonyl (C=O) groups excluding carboxylic acids is 1. The molecule has 0 aliphatic carbocycles. The second kappa shape index (κ2) is 9.07. The van der Waals surface area contributed by atoms with Crippen molar-refractivity contribution < 1.29 is 23.6 Å². The van der Waals surface area contributed by atoms with Gasteiger partial charge in [0.25, 0.3) is 0 Å². The standard InChI is InChI=1S/C18H22FN3O4/c1-3-11(2)16(18(24)25)20-14(23)5-4-6-15-21-17(22-26-15)12-7-9-13(19)10-8-12/h7-11,16H,3-6H2,1-2H3,(H,20,23)(H,24,25)/t11-,16-/m0/s1. The first-order valence-electron chi connectivity index (χ1n) is 8.51. The van der Waals surface area contributed by atoms with Crippen molar-refractivity contribution in [3.05, 3.63) is 36.0 Å². The van der Waals surface area contributed by atoms with Crippen molar-refractivity contribution in [2.45, 2.75) is 45.6 Å². The summed E-state index contributed by atoms with van der Waals surface area (Å²) in [5.74, 6) is -1.13. The van der Waals surface area contributed by atoms with Crippen LogP contribution >= 0.6 is 0 Å². The Morgan fingerprint density at radius 3 is 2.62 bits per heavy atom. The fourth-order valence-corrected chi connectivity index (χ4v) is 2.40. The highest BCUT2D eigenvalue weighted by molar-refractivity contribution is 5.83. The normalized spacial score (nSPS) is 13.2. The van der Waals surface area contributed by atoms with E-state index >= 15 is 0 Å². The average Bonchev–Trinajstić information content (AvgIpc) is 3.08. The third kappa shape index (κ3) is 5.37. The van der Waals surface area contributed by atoms with Gasteiger partial charge in [0.15, 0.2) is 0 Å². The molecule has 0 bridgehead atoms. The monoisotopic (exact) mass is 363 g/mol. The number of benzene rings is 1. The molecule has 1 aromatic heterocycles. The summed E-state index contributed by atoms with van der Waals surface area (Å²) >= 11 is 0. The number of hydrogen-bond donors (Lipinski definition) is 2. The number of rotatable bonds is 9. The SMILES string of the molecule is CC[C@H](C)[C@H](NC(=O)CCCc1nc(-c2ccc(F)cc2)no1)C(=O)O. The van der Waals surface area contributed by atoms with Crippen molar-refractivity contribution in [1.82, 2.24) is 15.5 Å². The summed E-state index contributed by atoms with van der Waals surface area (Å²) in [6.45, 7) is 3.66. The van der Waals surface area contributed by atoms with E-state index in [4.69, 9.17) is 4.52 Å². The summed E-state index contributed by atoms with van der Waals surface area (Å²) in [4.78, 5) is 27.4. The molecule has 0 fully saturated rings. The van der Waals surface area contributed by atoms with Crippen LogP contribution in [0.4, 0.5) is 4.39 Å². The molecule has 2 rings (SSSR count). The number of halogens is 1. The topological polar surface area (TPSA) is 105 Å². The van der Waals surface area contributed by atoms with Crippen molar-refractivity contribution in [3.63, 3.8) is 0 Å². The fourth-order valence-electron chi connectivity index (χ4n) is 2.40. The lowest BCUT2D eigenvalue weighted by atomic mass is 9.99. The van der Waals surface area contributed by atoms with Crippen molar-refractivity contribution in [2.75, 3.05) is 0 Å². The molecule has 1 amide bonds. The van der Waals surface area contributed by atoms with Crippen LogP contribution in [0.2, 0.25) is 0 Å². The molecule has 0 aliphatic heterocycles. The lowest BCUT2D eigenvalue weighted by Gasteiger charge is -2.19. The highest BCUT2D eigenvalue weighted by Crippen LogP contribution is 2.17. The van der Waals surface area contributed by atoms with Crippen molar-refractivity contribution in [1.29, 1.82) is 0 Å². The minimum Gasteiger partial charge on any atom is -0.480 e. The fraction of sp³-hybridized carbons (Fsp3) is 0.444. The molecule has 0 spiro atoms. The van der Waals surface area contributed by atoms with Crippen molar-refractivity contribution >= 4 is 11.9 Å². The molecule has 0 aliphatic rings. The minimum absolute atomic E-state index is 0.148. The van der Waals surface area contributed by atoms with Crippen LogP contribution in [0.1, 0.15) is 39.0 Å². The summed E-state index contributed by atoms with van der Waals surface area (Å²) in [5, 5.41) is 15.6. The van der Waals surface area contributed by atoms with E-state index < -0.39 is 12.0 Å². The van der Waals surface area contributed by atoms with Gasteiger partial charge in [-0.1, -0.05) is 25.4 Å². The summed E-state index contributed by atoms with van der Waals surface area (Å²) in [5.41, 5.74) is 0.636. The van der Waals surface area contributed by atoms with E-state index in [1.54, 1.807) is 19.1 Å². The molecular formula is C18H22FN3O4. The zero-order chi connectivity index (χ0) is 19.1. The number of nitrogens with zero attached hydrogens (tertiary/aromatic N) is 2. The van der Waals surface area contributed by atoms with E-state index in [1.807, 2.05) is 6.92 Å². The quantitative estimate of drug-likeness (QED) is 0.710. The molecule has 1 aromatic carbocycles. The summed E-state index contributed by atoms with van der Waals surface area (Å²) in [6, 6.07) is 4.84. The third-order valence-electron chi connectivity index (χ3n) is 4.16. The first kappa shape index (κ1) is 19.6. The van der Waals surface area contributed by atoms with Gasteiger partial charge in [-0.3, -0.25) is 4.79 Å². The maximum absolute atomic E-state index is 12.9. The molecule has 26 heavy (non-hydrogen) atoms. The number of carboxylic acid groups (broad SMARTS) is 1. The second-order valence-electron chi connectivity index (χ2n) is 6.14. The zero-order valence-electron chi connectivity index (χ0n) is 14.7. The van der Waals surface area contributed by atoms with Crippen LogP contribution in [-0.4, -0.2) is 33.2 Å². The molecule has 2 aromatic rings. The molecule has 0 unspecified atom stereocenters. The predicted octanol–water partition coefficient (Wildman–Crippen LogP) is 2.81. The lowest BCUT2D eigenvalue weighted by Crippen LogP contribution is -2.44. The van der Waals surface area contributed by atoms with Gasteiger partial charge in [0.1, 0.15) is 11.9 Å². The molecule has 0 radical (unpaired) electrons. The summed E-state index contributed by atoms with van der Waals surface area (Å²) in [6.07, 6.45) is 1.66. The number of nitrogens with one attached hydrogen (secondary N) is 1. The number of carboxylic acids is 1. The van der Waals surface area contributed by atoms with Crippen LogP contribution in [0.25, 0.3) is 11.4 Å². The molecule has 0 saturated heterocycles. The van der Waals surface area contributed by atoms with E-state index in [1.165, 1.54) is 12.1 Å². The van der Waals surface area contributed by atoms with Crippen molar-refractivity contribution in [3.8, 4) is 11.4 Å². The van der Waals surface area contributed by atoms with Crippen LogP contribution < -0.4 is 5.32 Å². The Kier molecular flexibility index (Phi) is 6.82. The van der Waals surface area contributed by atoms with Crippen LogP contribution in [-0.2, 0) is 16.0 Å². The van der Waals surface area contributed by atoms with E-state index in [9.17, 15) is 19.1 Å². The van der Waals surface area contributed by atoms with Gasteiger partial charge in [0.05, 0.1) is 0 Å². The molecular weight excluding hydrogens is 341 g/mol. The van der Waals surface area contributed by atoms with Crippen LogP contribution in [0.15, 0.2) is 28.8 Å². The summed E-state index contributed by atoms with van der Waals surface area (Å²) < 4.78 is 18.0. The van der Waals surface area contributed by atoms with Crippen LogP contribution in [0.3, 0.4) is 0 Å². The largest absolute Gasteiger partial charge is 0.480 e. The number of hydrogen-bond acceptors (Lipinski definition) is 5. The Hall–Kier alpha value is -2.77. The number of carbonyl (C=O) groups is 2. The molecule has 8 heteroatoms. The first-order chi connectivity index (χ1) is 12.4. The van der Waals surface area contributed by atoms with E-state index in [-0.39, 0.29) is 24.1 Å². The molecule has 140 valence electrons. The molecule has 0 saturated carbocycles. The van der Waals surface area contributed by atoms with Gasteiger partial charge in [0, 0.05) is 18.4 Å². The van der Waals surface area contributed by atoms with Crippen molar-refractivity contribution in [2.24, 2.45) is 5.92 Å². The Morgan fingerprint density at radius 2 is 2.00 bits per heavy atom. The van der Waals surface area contributed by atoms with Gasteiger partial charge in [-0.15, -0.1) is 0 Å². The van der Waals surface area contributed by atoms with Gasteiger partial charge in [-0.05, 0) is 36.6 Å². The number of aromatic nitrogens is 2. The smallest absolute Gasteiger partial charge is 0.326 e. The number of aliphatic carboxylic acids is 1.